The number of hydrogen-bond acceptors (Lipinski definition) is 3. The number of carbonyl (C=O) groups is 2. The van der Waals surface area contributed by atoms with Gasteiger partial charge in [0.25, 0.3) is 0 Å². The molecule has 0 radical (unpaired) electrons. The smallest absolute Gasteiger partial charge is 0.307 e. The van der Waals surface area contributed by atoms with E-state index in [0.29, 0.717) is 6.54 Å². The van der Waals surface area contributed by atoms with Gasteiger partial charge in [0.15, 0.2) is 0 Å². The highest BCUT2D eigenvalue weighted by Gasteiger charge is 2.23. The Morgan fingerprint density at radius 3 is 2.48 bits per heavy atom. The Balaban J connectivity index is 2.72. The average molecular weight is 291 g/mol. The van der Waals surface area contributed by atoms with Crippen molar-refractivity contribution in [3.8, 4) is 0 Å². The number of aliphatic carboxylic acids is 1. The van der Waals surface area contributed by atoms with Crippen LogP contribution in [0.4, 0.5) is 0 Å². The van der Waals surface area contributed by atoms with Gasteiger partial charge in [0.2, 0.25) is 5.91 Å². The summed E-state index contributed by atoms with van der Waals surface area (Å²) in [5.41, 5.74) is 0.940. The van der Waals surface area contributed by atoms with Crippen molar-refractivity contribution < 1.29 is 19.8 Å². The standard InChI is InChI=1S/C16H21NO4/c1-2-6-14(16(20)21)11-15(19)17(9-10-18)12-13-7-4-3-5-8-13/h2-5,7-8,14,18H,1,6,9-12H2,(H,20,21)/t14-/m0/s1. The van der Waals surface area contributed by atoms with E-state index in [4.69, 9.17) is 10.2 Å². The minimum atomic E-state index is -1.01. The SMILES string of the molecule is C=CC[C@@H](CC(=O)N(CCO)Cc1ccccc1)C(=O)O. The Morgan fingerprint density at radius 2 is 1.95 bits per heavy atom. The van der Waals surface area contributed by atoms with E-state index in [0.717, 1.165) is 5.56 Å². The van der Waals surface area contributed by atoms with Gasteiger partial charge in [-0.1, -0.05) is 36.4 Å². The molecule has 0 aliphatic carbocycles. The number of aliphatic hydroxyl groups is 1. The normalized spacial score (nSPS) is 11.7. The quantitative estimate of drug-likeness (QED) is 0.678. The van der Waals surface area contributed by atoms with Crippen LogP contribution < -0.4 is 0 Å². The maximum absolute atomic E-state index is 12.2. The van der Waals surface area contributed by atoms with Crippen LogP contribution in [0, 0.1) is 5.92 Å². The topological polar surface area (TPSA) is 77.8 Å². The first-order valence-electron chi connectivity index (χ1n) is 6.84. The maximum Gasteiger partial charge on any atom is 0.307 e. The molecule has 5 heteroatoms. The molecule has 0 saturated carbocycles. The summed E-state index contributed by atoms with van der Waals surface area (Å²) in [4.78, 5) is 24.8. The van der Waals surface area contributed by atoms with E-state index in [1.54, 1.807) is 0 Å². The molecule has 1 atom stereocenters. The molecule has 0 unspecified atom stereocenters. The van der Waals surface area contributed by atoms with Crippen molar-refractivity contribution in [1.29, 1.82) is 0 Å². The zero-order valence-electron chi connectivity index (χ0n) is 11.9. The van der Waals surface area contributed by atoms with Gasteiger partial charge in [0.1, 0.15) is 0 Å². The fraction of sp³-hybridized carbons (Fsp3) is 0.375. The van der Waals surface area contributed by atoms with Crippen LogP contribution in [0.5, 0.6) is 0 Å². The fourth-order valence-electron chi connectivity index (χ4n) is 2.03. The number of benzene rings is 1. The number of allylic oxidation sites excluding steroid dienone is 1. The van der Waals surface area contributed by atoms with Gasteiger partial charge in [-0.15, -0.1) is 6.58 Å². The number of hydrogen-bond donors (Lipinski definition) is 2. The number of rotatable bonds is 9. The third-order valence-electron chi connectivity index (χ3n) is 3.16. The lowest BCUT2D eigenvalue weighted by Gasteiger charge is -2.23. The van der Waals surface area contributed by atoms with Crippen molar-refractivity contribution in [3.05, 3.63) is 48.6 Å². The molecule has 2 N–H and O–H groups in total. The van der Waals surface area contributed by atoms with Crippen molar-refractivity contribution in [2.75, 3.05) is 13.2 Å². The van der Waals surface area contributed by atoms with E-state index in [9.17, 15) is 9.59 Å². The molecular formula is C16H21NO4. The van der Waals surface area contributed by atoms with Crippen molar-refractivity contribution in [1.82, 2.24) is 4.90 Å². The van der Waals surface area contributed by atoms with Crippen LogP contribution >= 0.6 is 0 Å². The lowest BCUT2D eigenvalue weighted by molar-refractivity contribution is -0.146. The van der Waals surface area contributed by atoms with E-state index in [1.807, 2.05) is 30.3 Å². The molecular weight excluding hydrogens is 270 g/mol. The molecule has 114 valence electrons. The first kappa shape index (κ1) is 16.9. The summed E-state index contributed by atoms with van der Waals surface area (Å²) >= 11 is 0. The zero-order valence-corrected chi connectivity index (χ0v) is 11.9. The van der Waals surface area contributed by atoms with Gasteiger partial charge in [-0.3, -0.25) is 9.59 Å². The van der Waals surface area contributed by atoms with Crippen LogP contribution in [0.25, 0.3) is 0 Å². The predicted molar refractivity (Wildman–Crippen MR) is 79.5 cm³/mol. The van der Waals surface area contributed by atoms with E-state index >= 15 is 0 Å². The zero-order chi connectivity index (χ0) is 15.7. The second-order valence-corrected chi connectivity index (χ2v) is 4.79. The number of amides is 1. The lowest BCUT2D eigenvalue weighted by Crippen LogP contribution is -2.35. The van der Waals surface area contributed by atoms with E-state index in [1.165, 1.54) is 11.0 Å². The molecule has 0 fully saturated rings. The molecule has 1 rings (SSSR count). The van der Waals surface area contributed by atoms with E-state index < -0.39 is 11.9 Å². The lowest BCUT2D eigenvalue weighted by atomic mass is 10.0. The number of carboxylic acids is 1. The molecule has 0 aliphatic heterocycles. The summed E-state index contributed by atoms with van der Waals surface area (Å²) < 4.78 is 0. The van der Waals surface area contributed by atoms with Crippen molar-refractivity contribution >= 4 is 11.9 Å². The molecule has 0 spiro atoms. The van der Waals surface area contributed by atoms with Gasteiger partial charge in [0.05, 0.1) is 12.5 Å². The highest BCUT2D eigenvalue weighted by molar-refractivity contribution is 5.82. The number of carboxylic acid groups (broad SMARTS) is 1. The summed E-state index contributed by atoms with van der Waals surface area (Å²) in [6.45, 7) is 3.91. The maximum atomic E-state index is 12.2. The monoisotopic (exact) mass is 291 g/mol. The average Bonchev–Trinajstić information content (AvgIpc) is 2.47. The summed E-state index contributed by atoms with van der Waals surface area (Å²) in [5.74, 6) is -2.05. The van der Waals surface area contributed by atoms with Crippen LogP contribution in [-0.2, 0) is 16.1 Å². The van der Waals surface area contributed by atoms with Gasteiger partial charge in [-0.05, 0) is 12.0 Å². The molecule has 1 amide bonds. The largest absolute Gasteiger partial charge is 0.481 e. The van der Waals surface area contributed by atoms with Gasteiger partial charge in [0, 0.05) is 19.5 Å². The van der Waals surface area contributed by atoms with Crippen LogP contribution in [0.2, 0.25) is 0 Å². The second kappa shape index (κ2) is 8.92. The Kier molecular flexibility index (Phi) is 7.18. The van der Waals surface area contributed by atoms with Gasteiger partial charge < -0.3 is 15.1 Å². The van der Waals surface area contributed by atoms with Crippen LogP contribution in [-0.4, -0.2) is 40.1 Å². The summed E-state index contributed by atoms with van der Waals surface area (Å²) in [6, 6.07) is 9.39. The molecule has 1 aromatic carbocycles. The minimum Gasteiger partial charge on any atom is -0.481 e. The fourth-order valence-corrected chi connectivity index (χ4v) is 2.03. The van der Waals surface area contributed by atoms with Crippen LogP contribution in [0.1, 0.15) is 18.4 Å². The van der Waals surface area contributed by atoms with Crippen molar-refractivity contribution in [2.24, 2.45) is 5.92 Å². The Morgan fingerprint density at radius 1 is 1.29 bits per heavy atom. The van der Waals surface area contributed by atoms with Crippen LogP contribution in [0.3, 0.4) is 0 Å². The Labute approximate surface area is 124 Å². The third kappa shape index (κ3) is 5.79. The van der Waals surface area contributed by atoms with Gasteiger partial charge >= 0.3 is 5.97 Å². The van der Waals surface area contributed by atoms with Crippen molar-refractivity contribution in [3.63, 3.8) is 0 Å². The summed E-state index contributed by atoms with van der Waals surface area (Å²) in [6.07, 6.45) is 1.66. The minimum absolute atomic E-state index is 0.0891. The highest BCUT2D eigenvalue weighted by atomic mass is 16.4. The molecule has 0 aliphatic rings. The second-order valence-electron chi connectivity index (χ2n) is 4.79. The molecule has 0 heterocycles. The predicted octanol–water partition coefficient (Wildman–Crippen LogP) is 1.67. The molecule has 0 bridgehead atoms. The molecule has 0 saturated heterocycles. The Bertz CT molecular complexity index is 472. The van der Waals surface area contributed by atoms with E-state index in [-0.39, 0.29) is 31.9 Å². The van der Waals surface area contributed by atoms with Crippen LogP contribution in [0.15, 0.2) is 43.0 Å². The number of carbonyl (C=O) groups excluding carboxylic acids is 1. The van der Waals surface area contributed by atoms with Gasteiger partial charge in [-0.2, -0.15) is 0 Å². The first-order chi connectivity index (χ1) is 10.1. The number of nitrogens with zero attached hydrogens (tertiary/aromatic N) is 1. The van der Waals surface area contributed by atoms with E-state index in [2.05, 4.69) is 6.58 Å². The summed E-state index contributed by atoms with van der Waals surface area (Å²) in [5, 5.41) is 18.2. The summed E-state index contributed by atoms with van der Waals surface area (Å²) in [7, 11) is 0. The van der Waals surface area contributed by atoms with Crippen molar-refractivity contribution in [2.45, 2.75) is 19.4 Å². The Hall–Kier alpha value is -2.14. The highest BCUT2D eigenvalue weighted by Crippen LogP contribution is 2.14. The molecule has 0 aromatic heterocycles. The molecule has 1 aromatic rings. The first-order valence-corrected chi connectivity index (χ1v) is 6.84. The molecule has 5 nitrogen and oxygen atoms in total. The molecule has 21 heavy (non-hydrogen) atoms. The number of aliphatic hydroxyl groups excluding tert-OH is 1. The third-order valence-corrected chi connectivity index (χ3v) is 3.16. The van der Waals surface area contributed by atoms with Gasteiger partial charge in [-0.25, -0.2) is 0 Å².